The molecule has 0 unspecified atom stereocenters. The third-order valence-corrected chi connectivity index (χ3v) is 24.6. The lowest BCUT2D eigenvalue weighted by Gasteiger charge is -2.63. The number of esters is 10. The van der Waals surface area contributed by atoms with Gasteiger partial charge < -0.3 is 195 Å². The largest absolute Gasteiger partial charge is 0.504 e. The van der Waals surface area contributed by atoms with Crippen molar-refractivity contribution in [3.63, 3.8) is 0 Å². The maximum absolute atomic E-state index is 15.3. The number of carbonyl (C=O) groups is 10. The third-order valence-electron chi connectivity index (χ3n) is 24.6. The third kappa shape index (κ3) is 19.0. The van der Waals surface area contributed by atoms with Crippen LogP contribution in [0.25, 0.3) is 0 Å². The minimum atomic E-state index is -3.12. The van der Waals surface area contributed by atoms with Crippen LogP contribution in [0.15, 0.2) is 146 Å². The van der Waals surface area contributed by atoms with Crippen LogP contribution in [-0.4, -0.2) is 271 Å². The summed E-state index contributed by atoms with van der Waals surface area (Å²) in [6.07, 6.45) is -9.27. The number of rotatable bonds is 23. The first-order valence-corrected chi connectivity index (χ1v) is 42.9. The summed E-state index contributed by atoms with van der Waals surface area (Å²) in [6.45, 7) is 4.70. The van der Waals surface area contributed by atoms with Crippen LogP contribution in [-0.2, 0) is 40.3 Å². The Balaban J connectivity index is 0.000000527. The number of carbonyl (C=O) groups excluding carboxylic acids is 10. The Labute approximate surface area is 818 Å². The van der Waals surface area contributed by atoms with Crippen molar-refractivity contribution in [3.8, 4) is 184 Å². The van der Waals surface area contributed by atoms with Crippen molar-refractivity contribution in [3.05, 3.63) is 212 Å². The lowest BCUT2D eigenvalue weighted by Crippen LogP contribution is -2.75. The van der Waals surface area contributed by atoms with Crippen LogP contribution in [0.3, 0.4) is 0 Å². The number of hydrogen-bond acceptors (Lipinski definition) is 50. The van der Waals surface area contributed by atoms with Crippen LogP contribution >= 0.6 is 0 Å². The standard InChI is InChI=1S/C76H52O46.C21H25NO3/c77-32-1-22(2-33(78)53(32)92)67(103)113-47-16-27(11-42(87)58(47)97)66(102)112-21-52-63(119-72(108)28-12-43(88)59(98)48(17-28)114-68(104)23-3-34(79)54(93)35(80)4-23)64(120-73(109)29-13-44(89)60(99)49(18-29)115-69(105)24-5-36(81)55(94)37(82)6-24)65(121-74(110)30-14-45(90)61(100)50(19-30)116-70(106)25-7-38(83)56(95)39(84)8-25)76(118-52)122-75(111)31-15-46(91)62(101)51(20-31)117-71(107)26-9-40(85)57(96)41(86)10-26;1-12-6-7-21(24)16-10-14-4-5-15(23)18-17(14)20(21,19(12)25-18)8-9-22(16)11-13-2-3-13/h1-20,52,63-65,76-101H,21H2;4-5,13,16,19,23-24H,1-3,6-11H2/t52-,63-,64+,65-,76+;16-,19+,20+,21-/m11/s1. The molecule has 50 heteroatoms. The number of piperidine rings is 1. The van der Waals surface area contributed by atoms with Gasteiger partial charge in [-0.25, -0.2) is 47.9 Å². The molecule has 17 rings (SSSR count). The van der Waals surface area contributed by atoms with Gasteiger partial charge in [0, 0.05) is 18.2 Å². The van der Waals surface area contributed by atoms with E-state index < -0.39 is 336 Å². The highest BCUT2D eigenvalue weighted by molar-refractivity contribution is 6.00. The monoisotopic (exact) mass is 2040 g/mol. The van der Waals surface area contributed by atoms with Gasteiger partial charge in [0.15, 0.2) is 167 Å². The van der Waals surface area contributed by atoms with Gasteiger partial charge in [0.2, 0.25) is 41.1 Å². The van der Waals surface area contributed by atoms with Crippen molar-refractivity contribution < 1.29 is 243 Å². The zero-order valence-electron chi connectivity index (χ0n) is 74.4. The molecule has 3 aliphatic carbocycles. The lowest BCUT2D eigenvalue weighted by atomic mass is 9.48. The van der Waals surface area contributed by atoms with Gasteiger partial charge in [0.25, 0.3) is 0 Å². The molecule has 11 aromatic carbocycles. The van der Waals surface area contributed by atoms with Crippen molar-refractivity contribution in [2.45, 2.75) is 92.4 Å². The molecule has 11 aromatic rings. The van der Waals surface area contributed by atoms with E-state index in [1.165, 1.54) is 18.4 Å². The van der Waals surface area contributed by atoms with Crippen molar-refractivity contribution >= 4 is 59.7 Å². The molecular weight excluding hydrogens is 1960 g/mol. The summed E-state index contributed by atoms with van der Waals surface area (Å²) >= 11 is 0. The van der Waals surface area contributed by atoms with E-state index in [2.05, 4.69) is 11.5 Å². The summed E-state index contributed by atoms with van der Waals surface area (Å²) in [5.74, 6) is -54.3. The number of nitrogens with zero attached hydrogens (tertiary/aromatic N) is 1. The van der Waals surface area contributed by atoms with Crippen molar-refractivity contribution in [2.24, 2.45) is 5.92 Å². The number of benzene rings is 11. The van der Waals surface area contributed by atoms with E-state index in [1.807, 2.05) is 6.07 Å². The number of phenolic OH excluding ortho intramolecular Hbond substituents is 26. The second kappa shape index (κ2) is 38.4. The Morgan fingerprint density at radius 2 is 0.619 bits per heavy atom. The first-order chi connectivity index (χ1) is 69.4. The molecule has 4 fully saturated rings. The molecule has 0 aromatic heterocycles. The SMILES string of the molecule is C=C1CC[C@@]2(O)[C@H]3Cc4ccc(O)c5c4[C@@]2(CCN3CC2CC2)[C@H]1O5.O=C(OC[C@H]1O[C@@H](OC(=O)c2cc(O)c(O)c(OC(=O)c3cc(O)c(O)c(O)c3)c2)[C@H](OC(=O)c2cc(O)c(O)c(OC(=O)c3cc(O)c(O)c(O)c3)c2)[C@@H](OC(=O)c2cc(O)c(O)c(OC(=O)c3cc(O)c(O)c(O)c3)c2)[C@@H]1OC(=O)c1cc(O)c(O)c(OC(=O)c2cc(O)c(O)c(O)c2)c1)c1cc(O)c(O)c(OC(=O)c2cc(O)c(O)c(O)c2)c1. The lowest BCUT2D eigenvalue weighted by molar-refractivity contribution is -0.282. The Morgan fingerprint density at radius 3 is 0.939 bits per heavy atom. The van der Waals surface area contributed by atoms with E-state index in [1.54, 1.807) is 6.07 Å². The minimum absolute atomic E-state index is 0.157. The summed E-state index contributed by atoms with van der Waals surface area (Å²) in [6, 6.07) is 12.5. The predicted molar refractivity (Wildman–Crippen MR) is 477 cm³/mol. The van der Waals surface area contributed by atoms with Crippen LogP contribution in [0.4, 0.5) is 0 Å². The number of hydrogen-bond donors (Lipinski definition) is 27. The maximum atomic E-state index is 15.3. The van der Waals surface area contributed by atoms with Gasteiger partial charge >= 0.3 is 59.7 Å². The number of ether oxygens (including phenoxy) is 12. The topological polar surface area (TPSA) is 831 Å². The molecule has 3 aliphatic heterocycles. The van der Waals surface area contributed by atoms with Gasteiger partial charge in [-0.1, -0.05) is 12.6 Å². The van der Waals surface area contributed by atoms with Gasteiger partial charge in [-0.2, -0.15) is 0 Å². The average molecular weight is 2040 g/mol. The first-order valence-electron chi connectivity index (χ1n) is 42.9. The molecule has 2 saturated carbocycles. The van der Waals surface area contributed by atoms with E-state index >= 15 is 14.4 Å². The van der Waals surface area contributed by atoms with E-state index in [0.717, 1.165) is 55.8 Å². The summed E-state index contributed by atoms with van der Waals surface area (Å²) in [5, 5.41) is 284. The van der Waals surface area contributed by atoms with Crippen molar-refractivity contribution in [2.75, 3.05) is 19.7 Å². The molecule has 2 saturated heterocycles. The van der Waals surface area contributed by atoms with Crippen LogP contribution in [0, 0.1) is 5.92 Å². The summed E-state index contributed by atoms with van der Waals surface area (Å²) in [4.78, 5) is 145. The highest BCUT2D eigenvalue weighted by Crippen LogP contribution is 2.67. The predicted octanol–water partition coefficient (Wildman–Crippen LogP) is 7.35. The van der Waals surface area contributed by atoms with E-state index in [4.69, 9.17) is 56.8 Å². The molecule has 0 radical (unpaired) electrons. The number of likely N-dealkylation sites (tertiary alicyclic amines) is 1. The molecule has 3 heterocycles. The first kappa shape index (κ1) is 100. The van der Waals surface area contributed by atoms with E-state index in [0.29, 0.717) is 127 Å². The quantitative estimate of drug-likeness (QED) is 0.00978. The molecule has 147 heavy (non-hydrogen) atoms. The van der Waals surface area contributed by atoms with Crippen LogP contribution in [0.1, 0.15) is 147 Å². The van der Waals surface area contributed by atoms with Gasteiger partial charge in [-0.15, -0.1) is 0 Å². The Bertz CT molecular complexity index is 7310. The Hall–Kier alpha value is -19.7. The van der Waals surface area contributed by atoms with Crippen molar-refractivity contribution in [1.82, 2.24) is 4.90 Å². The molecule has 50 nitrogen and oxygen atoms in total. The highest BCUT2D eigenvalue weighted by Gasteiger charge is 2.72. The smallest absolute Gasteiger partial charge is 0.343 e. The second-order valence-electron chi connectivity index (χ2n) is 34.0. The van der Waals surface area contributed by atoms with Gasteiger partial charge in [0.05, 0.1) is 66.7 Å². The summed E-state index contributed by atoms with van der Waals surface area (Å²) in [7, 11) is 0. The fourth-order valence-electron chi connectivity index (χ4n) is 17.2. The van der Waals surface area contributed by atoms with Gasteiger partial charge in [-0.05, 0) is 190 Å². The fourth-order valence-corrected chi connectivity index (χ4v) is 17.2. The maximum Gasteiger partial charge on any atom is 0.343 e. The molecule has 1 spiro atoms. The average Bonchev–Trinajstić information content (AvgIpc) is 1.51. The van der Waals surface area contributed by atoms with Crippen LogP contribution in [0.2, 0.25) is 0 Å². The van der Waals surface area contributed by atoms with Crippen LogP contribution in [0.5, 0.6) is 184 Å². The van der Waals surface area contributed by atoms with E-state index in [-0.39, 0.29) is 17.9 Å². The fraction of sp³-hybridized carbons (Fsp3) is 0.196. The zero-order valence-corrected chi connectivity index (χ0v) is 74.4. The normalized spacial score (nSPS) is 19.2. The zero-order chi connectivity index (χ0) is 106. The molecule has 0 amide bonds. The van der Waals surface area contributed by atoms with Crippen LogP contribution < -0.4 is 28.4 Å². The number of phenols is 26. The summed E-state index contributed by atoms with van der Waals surface area (Å²) < 4.78 is 66.7. The highest BCUT2D eigenvalue weighted by atomic mass is 16.8. The Morgan fingerprint density at radius 1 is 0.333 bits per heavy atom. The second-order valence-corrected chi connectivity index (χ2v) is 34.0. The molecule has 2 bridgehead atoms. The molecule has 764 valence electrons. The van der Waals surface area contributed by atoms with E-state index in [9.17, 15) is 171 Å². The number of aliphatic hydroxyl groups is 1. The summed E-state index contributed by atoms with van der Waals surface area (Å²) in [5.41, 5.74) is -7.68. The molecule has 27 N–H and O–H groups in total. The molecule has 6 aliphatic rings. The van der Waals surface area contributed by atoms with Gasteiger partial charge in [0.1, 0.15) is 18.8 Å². The Kier molecular flexibility index (Phi) is 26.2. The van der Waals surface area contributed by atoms with Gasteiger partial charge in [-0.3, -0.25) is 4.90 Å². The number of aromatic hydroxyl groups is 26. The molecular formula is C97H77NO49. The minimum Gasteiger partial charge on any atom is -0.504 e. The molecule has 9 atom stereocenters. The van der Waals surface area contributed by atoms with Crippen molar-refractivity contribution in [1.29, 1.82) is 0 Å².